The van der Waals surface area contributed by atoms with Gasteiger partial charge in [0.05, 0.1) is 5.56 Å². The van der Waals surface area contributed by atoms with Crippen LogP contribution >= 0.6 is 11.6 Å². The van der Waals surface area contributed by atoms with Gasteiger partial charge in [-0.25, -0.2) is 8.78 Å². The van der Waals surface area contributed by atoms with Crippen LogP contribution in [0.15, 0.2) is 36.4 Å². The van der Waals surface area contributed by atoms with Gasteiger partial charge in [-0.3, -0.25) is 4.79 Å². The van der Waals surface area contributed by atoms with Crippen LogP contribution in [0.4, 0.5) is 14.5 Å². The first-order valence-electron chi connectivity index (χ1n) is 5.04. The molecular weight excluding hydrogens is 260 g/mol. The molecular formula is C13H8ClF2NO. The van der Waals surface area contributed by atoms with Crippen molar-refractivity contribution in [2.24, 2.45) is 0 Å². The van der Waals surface area contributed by atoms with Crippen LogP contribution in [0.5, 0.6) is 0 Å². The zero-order valence-corrected chi connectivity index (χ0v) is 9.84. The lowest BCUT2D eigenvalue weighted by atomic mass is 10.0. The molecule has 0 aliphatic rings. The van der Waals surface area contributed by atoms with Gasteiger partial charge in [0.25, 0.3) is 0 Å². The average Bonchev–Trinajstić information content (AvgIpc) is 2.31. The molecule has 0 radical (unpaired) electrons. The van der Waals surface area contributed by atoms with Crippen molar-refractivity contribution in [3.63, 3.8) is 0 Å². The molecule has 0 unspecified atom stereocenters. The largest absolute Gasteiger partial charge is 0.398 e. The molecule has 2 aromatic rings. The SMILES string of the molecule is Nc1cc(Cl)ccc1C(=O)c1cc(F)ccc1F. The van der Waals surface area contributed by atoms with Crippen LogP contribution in [0.1, 0.15) is 15.9 Å². The average molecular weight is 268 g/mol. The Labute approximate surface area is 107 Å². The summed E-state index contributed by atoms with van der Waals surface area (Å²) in [5.74, 6) is -2.16. The Morgan fingerprint density at radius 1 is 1.06 bits per heavy atom. The van der Waals surface area contributed by atoms with Gasteiger partial charge >= 0.3 is 0 Å². The summed E-state index contributed by atoms with van der Waals surface area (Å²) in [7, 11) is 0. The minimum atomic E-state index is -0.796. The van der Waals surface area contributed by atoms with Gasteiger partial charge in [-0.1, -0.05) is 11.6 Å². The van der Waals surface area contributed by atoms with E-state index < -0.39 is 17.4 Å². The van der Waals surface area contributed by atoms with Crippen LogP contribution in [0.3, 0.4) is 0 Å². The molecule has 0 spiro atoms. The summed E-state index contributed by atoms with van der Waals surface area (Å²) in [4.78, 5) is 12.0. The van der Waals surface area contributed by atoms with E-state index in [1.807, 2.05) is 0 Å². The van der Waals surface area contributed by atoms with E-state index in [9.17, 15) is 13.6 Å². The number of benzene rings is 2. The van der Waals surface area contributed by atoms with Gasteiger partial charge in [0.15, 0.2) is 5.78 Å². The van der Waals surface area contributed by atoms with Gasteiger partial charge in [-0.15, -0.1) is 0 Å². The molecule has 2 nitrogen and oxygen atoms in total. The van der Waals surface area contributed by atoms with Gasteiger partial charge in [-0.05, 0) is 36.4 Å². The van der Waals surface area contributed by atoms with Gasteiger partial charge in [0, 0.05) is 16.3 Å². The number of anilines is 1. The van der Waals surface area contributed by atoms with Crippen LogP contribution in [0.25, 0.3) is 0 Å². The molecule has 0 atom stereocenters. The van der Waals surface area contributed by atoms with Crippen molar-refractivity contribution in [2.75, 3.05) is 5.73 Å². The van der Waals surface area contributed by atoms with E-state index in [0.717, 1.165) is 18.2 Å². The number of nitrogens with two attached hydrogens (primary N) is 1. The third kappa shape index (κ3) is 2.33. The Balaban J connectivity index is 2.51. The monoisotopic (exact) mass is 267 g/mol. The molecule has 0 aliphatic heterocycles. The van der Waals surface area contributed by atoms with E-state index in [1.54, 1.807) is 0 Å². The van der Waals surface area contributed by atoms with Crippen molar-refractivity contribution >= 4 is 23.1 Å². The Bertz CT molecular complexity index is 628. The highest BCUT2D eigenvalue weighted by atomic mass is 35.5. The summed E-state index contributed by atoms with van der Waals surface area (Å²) in [6.45, 7) is 0. The van der Waals surface area contributed by atoms with E-state index >= 15 is 0 Å². The first-order valence-corrected chi connectivity index (χ1v) is 5.41. The van der Waals surface area contributed by atoms with Gasteiger partial charge < -0.3 is 5.73 Å². The Hall–Kier alpha value is -1.94. The lowest BCUT2D eigenvalue weighted by Crippen LogP contribution is -2.08. The fourth-order valence-corrected chi connectivity index (χ4v) is 1.74. The summed E-state index contributed by atoms with van der Waals surface area (Å²) < 4.78 is 26.5. The Kier molecular flexibility index (Phi) is 3.30. The van der Waals surface area contributed by atoms with E-state index in [4.69, 9.17) is 17.3 Å². The maximum absolute atomic E-state index is 13.5. The van der Waals surface area contributed by atoms with Crippen molar-refractivity contribution in [1.29, 1.82) is 0 Å². The molecule has 0 aliphatic carbocycles. The second-order valence-corrected chi connectivity index (χ2v) is 4.12. The molecule has 0 saturated heterocycles. The molecule has 5 heteroatoms. The lowest BCUT2D eigenvalue weighted by molar-refractivity contribution is 0.103. The van der Waals surface area contributed by atoms with Crippen LogP contribution < -0.4 is 5.73 Å². The number of rotatable bonds is 2. The first-order chi connectivity index (χ1) is 8.49. The Morgan fingerprint density at radius 3 is 2.44 bits per heavy atom. The number of halogens is 3. The standard InChI is InChI=1S/C13H8ClF2NO/c14-7-1-3-9(12(17)5-7)13(18)10-6-8(15)2-4-11(10)16/h1-6H,17H2. The van der Waals surface area contributed by atoms with Crippen molar-refractivity contribution in [3.8, 4) is 0 Å². The number of carbonyl (C=O) groups is 1. The van der Waals surface area contributed by atoms with E-state index in [0.29, 0.717) is 5.02 Å². The quantitative estimate of drug-likeness (QED) is 0.669. The zero-order valence-electron chi connectivity index (χ0n) is 9.08. The molecule has 92 valence electrons. The zero-order chi connectivity index (χ0) is 13.3. The van der Waals surface area contributed by atoms with Gasteiger partial charge in [-0.2, -0.15) is 0 Å². The Morgan fingerprint density at radius 2 is 1.78 bits per heavy atom. The molecule has 18 heavy (non-hydrogen) atoms. The number of ketones is 1. The third-order valence-corrected chi connectivity index (χ3v) is 2.67. The summed E-state index contributed by atoms with van der Waals surface area (Å²) in [6, 6.07) is 6.90. The fraction of sp³-hybridized carbons (Fsp3) is 0. The van der Waals surface area contributed by atoms with Crippen molar-refractivity contribution < 1.29 is 13.6 Å². The summed E-state index contributed by atoms with van der Waals surface area (Å²) in [5, 5.41) is 0.365. The smallest absolute Gasteiger partial charge is 0.198 e. The van der Waals surface area contributed by atoms with Crippen molar-refractivity contribution in [2.45, 2.75) is 0 Å². The first kappa shape index (κ1) is 12.5. The predicted octanol–water partition coefficient (Wildman–Crippen LogP) is 3.43. The van der Waals surface area contributed by atoms with Crippen LogP contribution in [0, 0.1) is 11.6 Å². The second kappa shape index (κ2) is 4.74. The summed E-state index contributed by atoms with van der Waals surface area (Å²) in [5.41, 5.74) is 5.48. The maximum Gasteiger partial charge on any atom is 0.198 e. The highest BCUT2D eigenvalue weighted by molar-refractivity contribution is 6.31. The fourth-order valence-electron chi connectivity index (χ4n) is 1.56. The minimum absolute atomic E-state index is 0.0869. The van der Waals surface area contributed by atoms with Gasteiger partial charge in [0.2, 0.25) is 0 Å². The predicted molar refractivity (Wildman–Crippen MR) is 65.7 cm³/mol. The van der Waals surface area contributed by atoms with E-state index in [2.05, 4.69) is 0 Å². The number of carbonyl (C=O) groups excluding carboxylic acids is 1. The molecule has 2 aromatic carbocycles. The molecule has 0 heterocycles. The topological polar surface area (TPSA) is 43.1 Å². The number of hydrogen-bond acceptors (Lipinski definition) is 2. The molecule has 0 saturated carbocycles. The highest BCUT2D eigenvalue weighted by Gasteiger charge is 2.17. The number of hydrogen-bond donors (Lipinski definition) is 1. The number of nitrogen functional groups attached to an aromatic ring is 1. The molecule has 0 amide bonds. The normalized spacial score (nSPS) is 10.4. The van der Waals surface area contributed by atoms with Crippen molar-refractivity contribution in [3.05, 3.63) is 64.2 Å². The highest BCUT2D eigenvalue weighted by Crippen LogP contribution is 2.22. The van der Waals surface area contributed by atoms with Crippen LogP contribution in [-0.4, -0.2) is 5.78 Å². The molecule has 0 fully saturated rings. The summed E-state index contributed by atoms with van der Waals surface area (Å²) >= 11 is 5.70. The maximum atomic E-state index is 13.5. The molecule has 2 rings (SSSR count). The van der Waals surface area contributed by atoms with Crippen LogP contribution in [0.2, 0.25) is 5.02 Å². The minimum Gasteiger partial charge on any atom is -0.398 e. The molecule has 0 aromatic heterocycles. The lowest BCUT2D eigenvalue weighted by Gasteiger charge is -2.06. The molecule has 2 N–H and O–H groups in total. The third-order valence-electron chi connectivity index (χ3n) is 2.43. The van der Waals surface area contributed by atoms with Gasteiger partial charge in [0.1, 0.15) is 11.6 Å². The molecule has 0 bridgehead atoms. The van der Waals surface area contributed by atoms with E-state index in [1.165, 1.54) is 18.2 Å². The summed E-state index contributed by atoms with van der Waals surface area (Å²) in [6.07, 6.45) is 0. The van der Waals surface area contributed by atoms with Crippen molar-refractivity contribution in [1.82, 2.24) is 0 Å². The van der Waals surface area contributed by atoms with E-state index in [-0.39, 0.29) is 16.8 Å². The second-order valence-electron chi connectivity index (χ2n) is 3.68. The van der Waals surface area contributed by atoms with Crippen LogP contribution in [-0.2, 0) is 0 Å².